The fourth-order valence-electron chi connectivity index (χ4n) is 1.84. The highest BCUT2D eigenvalue weighted by Gasteiger charge is 2.48. The Morgan fingerprint density at radius 3 is 2.71 bits per heavy atom. The number of methoxy groups -OCH3 is 1. The predicted molar refractivity (Wildman–Crippen MR) is 67.0 cm³/mol. The van der Waals surface area contributed by atoms with Gasteiger partial charge in [-0.2, -0.15) is 5.26 Å². The molecule has 0 N–H and O–H groups in total. The maximum absolute atomic E-state index is 11.7. The van der Waals surface area contributed by atoms with Crippen LogP contribution >= 0.6 is 27.5 Å². The molecule has 0 heterocycles. The summed E-state index contributed by atoms with van der Waals surface area (Å²) in [5, 5.41) is 9.65. The summed E-state index contributed by atoms with van der Waals surface area (Å²) in [5.41, 5.74) is 0.340. The topological polar surface area (TPSA) is 50.1 Å². The number of nitriles is 1. The average Bonchev–Trinajstić information content (AvgIpc) is 3.12. The molecular weight excluding hydrogens is 305 g/mol. The monoisotopic (exact) mass is 313 g/mol. The normalized spacial score (nSPS) is 16.1. The Morgan fingerprint density at radius 1 is 1.59 bits per heavy atom. The van der Waals surface area contributed by atoms with Crippen molar-refractivity contribution < 1.29 is 9.53 Å². The second-order valence-corrected chi connectivity index (χ2v) is 5.20. The van der Waals surface area contributed by atoms with Gasteiger partial charge in [-0.25, -0.2) is 4.79 Å². The second-order valence-electron chi connectivity index (χ2n) is 3.97. The van der Waals surface area contributed by atoms with E-state index in [1.165, 1.54) is 7.11 Å². The van der Waals surface area contributed by atoms with Gasteiger partial charge in [-0.3, -0.25) is 0 Å². The predicted octanol–water partition coefficient (Wildman–Crippen LogP) is 3.44. The van der Waals surface area contributed by atoms with Crippen LogP contribution < -0.4 is 0 Å². The summed E-state index contributed by atoms with van der Waals surface area (Å²) in [6.07, 6.45) is 1.45. The number of rotatable bonds is 2. The Bertz CT molecular complexity index is 532. The van der Waals surface area contributed by atoms with Gasteiger partial charge in [0.1, 0.15) is 0 Å². The highest BCUT2D eigenvalue weighted by molar-refractivity contribution is 9.10. The molecule has 88 valence electrons. The fraction of sp³-hybridized carbons (Fsp3) is 0.333. The van der Waals surface area contributed by atoms with E-state index in [9.17, 15) is 10.1 Å². The molecule has 0 aliphatic heterocycles. The molecule has 2 rings (SSSR count). The average molecular weight is 315 g/mol. The van der Waals surface area contributed by atoms with E-state index in [-0.39, 0.29) is 0 Å². The lowest BCUT2D eigenvalue weighted by molar-refractivity contribution is 0.0599. The molecular formula is C12H9BrClNO2. The summed E-state index contributed by atoms with van der Waals surface area (Å²) >= 11 is 9.50. The largest absolute Gasteiger partial charge is 0.465 e. The number of benzene rings is 1. The van der Waals surface area contributed by atoms with Crippen molar-refractivity contribution in [2.24, 2.45) is 0 Å². The van der Waals surface area contributed by atoms with E-state index in [0.29, 0.717) is 20.6 Å². The van der Waals surface area contributed by atoms with Gasteiger partial charge in [0.25, 0.3) is 0 Å². The van der Waals surface area contributed by atoms with Gasteiger partial charge in [0.2, 0.25) is 0 Å². The number of nitrogens with zero attached hydrogens (tertiary/aromatic N) is 1. The summed E-state index contributed by atoms with van der Waals surface area (Å²) < 4.78 is 5.40. The Labute approximate surface area is 112 Å². The molecule has 17 heavy (non-hydrogen) atoms. The molecule has 0 spiro atoms. The number of hydrogen-bond donors (Lipinski definition) is 0. The Balaban J connectivity index is 2.66. The zero-order valence-electron chi connectivity index (χ0n) is 9.09. The van der Waals surface area contributed by atoms with Crippen molar-refractivity contribution in [3.05, 3.63) is 32.8 Å². The second kappa shape index (κ2) is 4.32. The van der Waals surface area contributed by atoms with Crippen molar-refractivity contribution in [2.75, 3.05) is 7.11 Å². The highest BCUT2D eigenvalue weighted by atomic mass is 79.9. The highest BCUT2D eigenvalue weighted by Crippen LogP contribution is 2.52. The quantitative estimate of drug-likeness (QED) is 0.786. The summed E-state index contributed by atoms with van der Waals surface area (Å²) in [6.45, 7) is 0. The molecule has 1 aliphatic carbocycles. The minimum absolute atomic E-state index is 0.375. The molecule has 1 saturated carbocycles. The van der Waals surface area contributed by atoms with E-state index < -0.39 is 11.4 Å². The van der Waals surface area contributed by atoms with Crippen molar-refractivity contribution >= 4 is 33.5 Å². The molecule has 3 nitrogen and oxygen atoms in total. The van der Waals surface area contributed by atoms with Gasteiger partial charge >= 0.3 is 5.97 Å². The van der Waals surface area contributed by atoms with Crippen LogP contribution in [0.5, 0.6) is 0 Å². The molecule has 0 saturated heterocycles. The smallest absolute Gasteiger partial charge is 0.338 e. The Hall–Kier alpha value is -1.05. The molecule has 0 aromatic heterocycles. The van der Waals surface area contributed by atoms with Crippen molar-refractivity contribution in [1.82, 2.24) is 0 Å². The van der Waals surface area contributed by atoms with E-state index in [4.69, 9.17) is 16.3 Å². The van der Waals surface area contributed by atoms with Crippen LogP contribution in [0.3, 0.4) is 0 Å². The molecule has 0 atom stereocenters. The van der Waals surface area contributed by atoms with Gasteiger partial charge in [0, 0.05) is 10.0 Å². The van der Waals surface area contributed by atoms with Gasteiger partial charge < -0.3 is 4.74 Å². The van der Waals surface area contributed by atoms with Crippen LogP contribution in [-0.4, -0.2) is 13.1 Å². The van der Waals surface area contributed by atoms with Gasteiger partial charge in [-0.15, -0.1) is 0 Å². The van der Waals surface area contributed by atoms with E-state index in [1.807, 2.05) is 0 Å². The summed E-state index contributed by atoms with van der Waals surface area (Å²) in [7, 11) is 1.31. The third-order valence-corrected chi connectivity index (χ3v) is 4.22. The zero-order chi connectivity index (χ0) is 12.6. The summed E-state index contributed by atoms with van der Waals surface area (Å²) in [6, 6.07) is 5.56. The van der Waals surface area contributed by atoms with Crippen LogP contribution in [0.25, 0.3) is 0 Å². The van der Waals surface area contributed by atoms with Crippen LogP contribution in [0.2, 0.25) is 5.02 Å². The number of carbonyl (C=O) groups excluding carboxylic acids is 1. The minimum Gasteiger partial charge on any atom is -0.465 e. The number of hydrogen-bond acceptors (Lipinski definition) is 3. The molecule has 1 aromatic rings. The lowest BCUT2D eigenvalue weighted by Crippen LogP contribution is -2.13. The van der Waals surface area contributed by atoms with E-state index >= 15 is 0 Å². The number of carbonyl (C=O) groups is 1. The summed E-state index contributed by atoms with van der Waals surface area (Å²) in [4.78, 5) is 11.7. The number of halogens is 2. The van der Waals surface area contributed by atoms with Gasteiger partial charge in [0.05, 0.1) is 29.2 Å². The van der Waals surface area contributed by atoms with Gasteiger partial charge in [-0.05, 0) is 40.9 Å². The standard InChI is InChI=1S/C12H9BrClNO2/c1-17-11(16)7-2-3-8(13)10(14)9(7)12(6-15)4-5-12/h2-3H,4-5H2,1H3. The molecule has 0 radical (unpaired) electrons. The molecule has 1 aliphatic rings. The molecule has 0 unspecified atom stereocenters. The Kier molecular flexibility index (Phi) is 3.15. The van der Waals surface area contributed by atoms with E-state index in [0.717, 1.165) is 12.8 Å². The molecule has 1 fully saturated rings. The maximum Gasteiger partial charge on any atom is 0.338 e. The van der Waals surface area contributed by atoms with E-state index in [1.54, 1.807) is 12.1 Å². The Morgan fingerprint density at radius 2 is 2.24 bits per heavy atom. The first-order chi connectivity index (χ1) is 8.05. The van der Waals surface area contributed by atoms with Gasteiger partial charge in [-0.1, -0.05) is 11.6 Å². The lowest BCUT2D eigenvalue weighted by atomic mass is 9.92. The third-order valence-electron chi connectivity index (χ3n) is 2.94. The minimum atomic E-state index is -0.621. The number of esters is 1. The van der Waals surface area contributed by atoms with Crippen molar-refractivity contribution in [2.45, 2.75) is 18.3 Å². The van der Waals surface area contributed by atoms with Crippen LogP contribution in [0.4, 0.5) is 0 Å². The first-order valence-corrected chi connectivity index (χ1v) is 6.21. The van der Waals surface area contributed by atoms with Crippen LogP contribution in [-0.2, 0) is 10.2 Å². The molecule has 0 amide bonds. The number of ether oxygens (including phenoxy) is 1. The lowest BCUT2D eigenvalue weighted by Gasteiger charge is -2.14. The molecule has 1 aromatic carbocycles. The molecule has 0 bridgehead atoms. The van der Waals surface area contributed by atoms with Crippen LogP contribution in [0, 0.1) is 11.3 Å². The third kappa shape index (κ3) is 1.94. The first kappa shape index (κ1) is 12.4. The van der Waals surface area contributed by atoms with Crippen LogP contribution in [0.1, 0.15) is 28.8 Å². The summed E-state index contributed by atoms with van der Waals surface area (Å²) in [5.74, 6) is -0.462. The fourth-order valence-corrected chi connectivity index (χ4v) is 2.52. The van der Waals surface area contributed by atoms with Crippen molar-refractivity contribution in [1.29, 1.82) is 5.26 Å². The maximum atomic E-state index is 11.7. The zero-order valence-corrected chi connectivity index (χ0v) is 11.4. The van der Waals surface area contributed by atoms with Crippen molar-refractivity contribution in [3.8, 4) is 6.07 Å². The SMILES string of the molecule is COC(=O)c1ccc(Br)c(Cl)c1C1(C#N)CC1. The van der Waals surface area contributed by atoms with Crippen molar-refractivity contribution in [3.63, 3.8) is 0 Å². The van der Waals surface area contributed by atoms with Gasteiger partial charge in [0.15, 0.2) is 0 Å². The van der Waals surface area contributed by atoms with Crippen LogP contribution in [0.15, 0.2) is 16.6 Å². The van der Waals surface area contributed by atoms with E-state index in [2.05, 4.69) is 22.0 Å². The first-order valence-electron chi connectivity index (χ1n) is 5.04. The molecule has 5 heteroatoms.